The van der Waals surface area contributed by atoms with Crippen molar-refractivity contribution in [1.82, 2.24) is 0 Å². The standard InChI is InChI=1S/C30H28N2O7/c1-4-38-30(36)18-8-11-21(12-9-18)32-26(19-6-5-7-22(16-19)37-3)25(28(34)29(32)35)27(33)20-10-13-24-23(17-20)31(2)14-15-39-24/h5-13,16-17,26,33H,4,14-15H2,1-3H3/b27-25-. The zero-order valence-electron chi connectivity index (χ0n) is 21.8. The molecule has 0 aliphatic carbocycles. The number of carbonyl (C=O) groups excluding carboxylic acids is 3. The van der Waals surface area contributed by atoms with E-state index in [0.29, 0.717) is 47.0 Å². The van der Waals surface area contributed by atoms with Gasteiger partial charge in [0.25, 0.3) is 11.7 Å². The van der Waals surface area contributed by atoms with Crippen LogP contribution in [-0.2, 0) is 14.3 Å². The second-order valence-corrected chi connectivity index (χ2v) is 9.17. The van der Waals surface area contributed by atoms with Crippen LogP contribution in [-0.4, -0.2) is 56.7 Å². The number of ketones is 1. The summed E-state index contributed by atoms with van der Waals surface area (Å²) in [5.41, 5.74) is 2.37. The highest BCUT2D eigenvalue weighted by Crippen LogP contribution is 2.44. The number of esters is 1. The molecule has 200 valence electrons. The molecule has 2 aliphatic rings. The molecular weight excluding hydrogens is 500 g/mol. The SMILES string of the molecule is CCOC(=O)c1ccc(N2C(=O)C(=O)/C(=C(\O)c3ccc4c(c3)N(C)CCO4)C2c2cccc(OC)c2)cc1. The smallest absolute Gasteiger partial charge is 0.338 e. The number of aliphatic hydroxyl groups excluding tert-OH is 1. The number of hydrogen-bond acceptors (Lipinski definition) is 8. The van der Waals surface area contributed by atoms with Gasteiger partial charge < -0.3 is 24.2 Å². The Morgan fingerprint density at radius 1 is 1.05 bits per heavy atom. The van der Waals surface area contributed by atoms with E-state index in [-0.39, 0.29) is 17.9 Å². The summed E-state index contributed by atoms with van der Waals surface area (Å²) in [6.45, 7) is 3.17. The molecule has 2 heterocycles. The van der Waals surface area contributed by atoms with Crippen LogP contribution in [0.3, 0.4) is 0 Å². The van der Waals surface area contributed by atoms with Gasteiger partial charge in [-0.1, -0.05) is 12.1 Å². The third kappa shape index (κ3) is 4.67. The molecule has 0 radical (unpaired) electrons. The highest BCUT2D eigenvalue weighted by molar-refractivity contribution is 6.51. The van der Waals surface area contributed by atoms with Crippen LogP contribution in [0.2, 0.25) is 0 Å². The van der Waals surface area contributed by atoms with Crippen molar-refractivity contribution in [3.05, 3.63) is 89.0 Å². The number of anilines is 2. The summed E-state index contributed by atoms with van der Waals surface area (Å²) in [7, 11) is 3.44. The van der Waals surface area contributed by atoms with E-state index >= 15 is 0 Å². The lowest BCUT2D eigenvalue weighted by molar-refractivity contribution is -0.132. The lowest BCUT2D eigenvalue weighted by Crippen LogP contribution is -2.29. The normalized spacial score (nSPS) is 18.0. The van der Waals surface area contributed by atoms with Crippen molar-refractivity contribution < 1.29 is 33.7 Å². The van der Waals surface area contributed by atoms with Crippen LogP contribution in [0.1, 0.15) is 34.5 Å². The number of hydrogen-bond donors (Lipinski definition) is 1. The minimum absolute atomic E-state index is 0.0537. The van der Waals surface area contributed by atoms with Gasteiger partial charge in [-0.25, -0.2) is 4.79 Å². The van der Waals surface area contributed by atoms with Gasteiger partial charge in [0.05, 0.1) is 43.1 Å². The fourth-order valence-electron chi connectivity index (χ4n) is 4.85. The zero-order chi connectivity index (χ0) is 27.7. The van der Waals surface area contributed by atoms with Gasteiger partial charge in [0.1, 0.15) is 23.9 Å². The fourth-order valence-corrected chi connectivity index (χ4v) is 4.85. The van der Waals surface area contributed by atoms with Gasteiger partial charge in [0, 0.05) is 18.3 Å². The van der Waals surface area contributed by atoms with Crippen LogP contribution >= 0.6 is 0 Å². The van der Waals surface area contributed by atoms with E-state index < -0.39 is 23.7 Å². The molecule has 3 aromatic rings. The van der Waals surface area contributed by atoms with E-state index in [1.807, 2.05) is 11.9 Å². The van der Waals surface area contributed by atoms with E-state index in [9.17, 15) is 19.5 Å². The lowest BCUT2D eigenvalue weighted by atomic mass is 9.94. The Balaban J connectivity index is 1.65. The first-order valence-corrected chi connectivity index (χ1v) is 12.5. The van der Waals surface area contributed by atoms with Crippen molar-refractivity contribution in [1.29, 1.82) is 0 Å². The molecule has 3 aromatic carbocycles. The Bertz CT molecular complexity index is 1480. The van der Waals surface area contributed by atoms with E-state index in [1.54, 1.807) is 61.5 Å². The van der Waals surface area contributed by atoms with Crippen molar-refractivity contribution in [3.63, 3.8) is 0 Å². The average Bonchev–Trinajstić information content (AvgIpc) is 3.23. The van der Waals surface area contributed by atoms with Crippen molar-refractivity contribution >= 4 is 34.8 Å². The molecule has 1 saturated heterocycles. The van der Waals surface area contributed by atoms with Gasteiger partial charge in [0.2, 0.25) is 0 Å². The zero-order valence-corrected chi connectivity index (χ0v) is 21.8. The summed E-state index contributed by atoms with van der Waals surface area (Å²) in [6, 6.07) is 17.4. The fraction of sp³-hybridized carbons (Fsp3) is 0.233. The Morgan fingerprint density at radius 3 is 2.51 bits per heavy atom. The lowest BCUT2D eigenvalue weighted by Gasteiger charge is -2.28. The van der Waals surface area contributed by atoms with E-state index in [1.165, 1.54) is 24.1 Å². The number of Topliss-reactive ketones (excluding diaryl/α,β-unsaturated/α-hetero) is 1. The molecule has 1 unspecified atom stereocenters. The highest BCUT2D eigenvalue weighted by atomic mass is 16.5. The minimum Gasteiger partial charge on any atom is -0.507 e. The molecule has 1 amide bonds. The third-order valence-corrected chi connectivity index (χ3v) is 6.84. The number of ether oxygens (including phenoxy) is 3. The molecular formula is C30H28N2O7. The van der Waals surface area contributed by atoms with Gasteiger partial charge in [0.15, 0.2) is 0 Å². The number of rotatable bonds is 6. The molecule has 0 spiro atoms. The molecule has 0 aromatic heterocycles. The van der Waals surface area contributed by atoms with Crippen LogP contribution < -0.4 is 19.3 Å². The largest absolute Gasteiger partial charge is 0.507 e. The van der Waals surface area contributed by atoms with E-state index in [4.69, 9.17) is 14.2 Å². The molecule has 2 aliphatic heterocycles. The predicted octanol–water partition coefficient (Wildman–Crippen LogP) is 4.33. The number of fused-ring (bicyclic) bond motifs is 1. The Hall–Kier alpha value is -4.79. The third-order valence-electron chi connectivity index (χ3n) is 6.84. The molecule has 1 N–H and O–H groups in total. The molecule has 1 fully saturated rings. The molecule has 1 atom stereocenters. The predicted molar refractivity (Wildman–Crippen MR) is 145 cm³/mol. The second-order valence-electron chi connectivity index (χ2n) is 9.17. The van der Waals surface area contributed by atoms with Crippen molar-refractivity contribution in [3.8, 4) is 11.5 Å². The molecule has 5 rings (SSSR count). The maximum absolute atomic E-state index is 13.5. The first kappa shape index (κ1) is 25.8. The topological polar surface area (TPSA) is 106 Å². The summed E-state index contributed by atoms with van der Waals surface area (Å²) in [5.74, 6) is -1.20. The Labute approximate surface area is 225 Å². The second kappa shape index (κ2) is 10.5. The molecule has 0 bridgehead atoms. The minimum atomic E-state index is -0.946. The first-order valence-electron chi connectivity index (χ1n) is 12.5. The van der Waals surface area contributed by atoms with Crippen LogP contribution in [0.5, 0.6) is 11.5 Å². The van der Waals surface area contributed by atoms with Gasteiger partial charge in [-0.3, -0.25) is 14.5 Å². The summed E-state index contributed by atoms with van der Waals surface area (Å²) < 4.78 is 16.2. The van der Waals surface area contributed by atoms with Crippen molar-refractivity contribution in [2.45, 2.75) is 13.0 Å². The maximum Gasteiger partial charge on any atom is 0.338 e. The number of methoxy groups -OCH3 is 1. The van der Waals surface area contributed by atoms with Crippen molar-refractivity contribution in [2.75, 3.05) is 43.7 Å². The molecule has 0 saturated carbocycles. The summed E-state index contributed by atoms with van der Waals surface area (Å²) >= 11 is 0. The summed E-state index contributed by atoms with van der Waals surface area (Å²) in [5, 5.41) is 11.5. The van der Waals surface area contributed by atoms with Crippen LogP contribution in [0, 0.1) is 0 Å². The molecule has 39 heavy (non-hydrogen) atoms. The number of aliphatic hydroxyl groups is 1. The number of carbonyl (C=O) groups is 3. The maximum atomic E-state index is 13.5. The van der Waals surface area contributed by atoms with E-state index in [2.05, 4.69) is 0 Å². The highest BCUT2D eigenvalue weighted by Gasteiger charge is 2.47. The number of benzene rings is 3. The van der Waals surface area contributed by atoms with Crippen LogP contribution in [0.4, 0.5) is 11.4 Å². The monoisotopic (exact) mass is 528 g/mol. The summed E-state index contributed by atoms with van der Waals surface area (Å²) in [4.78, 5) is 42.5. The van der Waals surface area contributed by atoms with Crippen LogP contribution in [0.25, 0.3) is 5.76 Å². The van der Waals surface area contributed by atoms with Gasteiger partial charge >= 0.3 is 5.97 Å². The van der Waals surface area contributed by atoms with Gasteiger partial charge in [-0.15, -0.1) is 0 Å². The number of nitrogens with zero attached hydrogens (tertiary/aromatic N) is 2. The quantitative estimate of drug-likeness (QED) is 0.218. The first-order chi connectivity index (χ1) is 18.8. The molecule has 9 nitrogen and oxygen atoms in total. The average molecular weight is 529 g/mol. The van der Waals surface area contributed by atoms with E-state index in [0.717, 1.165) is 5.69 Å². The van der Waals surface area contributed by atoms with Gasteiger partial charge in [-0.05, 0) is 67.1 Å². The Morgan fingerprint density at radius 2 is 1.79 bits per heavy atom. The summed E-state index contributed by atoms with van der Waals surface area (Å²) in [6.07, 6.45) is 0. The molecule has 9 heteroatoms. The van der Waals surface area contributed by atoms with Crippen LogP contribution in [0.15, 0.2) is 72.3 Å². The number of likely N-dealkylation sites (N-methyl/N-ethyl adjacent to an activating group) is 1. The van der Waals surface area contributed by atoms with Crippen molar-refractivity contribution in [2.24, 2.45) is 0 Å². The Kier molecular flexibility index (Phi) is 6.98. The van der Waals surface area contributed by atoms with Gasteiger partial charge in [-0.2, -0.15) is 0 Å². The number of amides is 1.